The van der Waals surface area contributed by atoms with Gasteiger partial charge in [-0.3, -0.25) is 9.59 Å². The third-order valence-electron chi connectivity index (χ3n) is 6.95. The fourth-order valence-electron chi connectivity index (χ4n) is 5.21. The Morgan fingerprint density at radius 2 is 1.62 bits per heavy atom. The van der Waals surface area contributed by atoms with Crippen LogP contribution >= 0.6 is 0 Å². The first kappa shape index (κ1) is 21.9. The second-order valence-electron chi connectivity index (χ2n) is 8.89. The van der Waals surface area contributed by atoms with E-state index >= 15 is 0 Å². The lowest BCUT2D eigenvalue weighted by atomic mass is 9.73. The zero-order valence-corrected chi connectivity index (χ0v) is 18.7. The van der Waals surface area contributed by atoms with E-state index in [0.717, 1.165) is 22.3 Å². The number of fused-ring (bicyclic) bond motifs is 1. The third-order valence-corrected chi connectivity index (χ3v) is 6.95. The number of carbonyl (C=O) groups is 2. The highest BCUT2D eigenvalue weighted by Gasteiger charge is 2.54. The Morgan fingerprint density at radius 1 is 0.971 bits per heavy atom. The van der Waals surface area contributed by atoms with Crippen molar-refractivity contribution >= 4 is 11.8 Å². The summed E-state index contributed by atoms with van der Waals surface area (Å²) >= 11 is 0. The Hall–Kier alpha value is -3.95. The molecule has 0 radical (unpaired) electrons. The molecule has 170 valence electrons. The molecule has 3 aromatic carbocycles. The van der Waals surface area contributed by atoms with E-state index in [4.69, 9.17) is 5.26 Å². The average Bonchev–Trinajstić information content (AvgIpc) is 2.86. The van der Waals surface area contributed by atoms with Gasteiger partial charge in [-0.05, 0) is 34.4 Å². The van der Waals surface area contributed by atoms with Gasteiger partial charge in [-0.15, -0.1) is 0 Å². The van der Waals surface area contributed by atoms with Crippen LogP contribution in [0.1, 0.15) is 22.6 Å². The van der Waals surface area contributed by atoms with E-state index in [1.165, 1.54) is 0 Å². The largest absolute Gasteiger partial charge is 0.394 e. The molecule has 2 fully saturated rings. The Bertz CT molecular complexity index is 1230. The summed E-state index contributed by atoms with van der Waals surface area (Å²) in [6.45, 7) is 0.418. The van der Waals surface area contributed by atoms with Crippen LogP contribution in [0.5, 0.6) is 0 Å². The van der Waals surface area contributed by atoms with Gasteiger partial charge < -0.3 is 14.9 Å². The number of hydrogen-bond acceptors (Lipinski definition) is 4. The molecule has 0 aromatic heterocycles. The Labute approximate surface area is 198 Å². The molecule has 0 spiro atoms. The van der Waals surface area contributed by atoms with E-state index in [-0.39, 0.29) is 49.4 Å². The van der Waals surface area contributed by atoms with Crippen LogP contribution in [-0.4, -0.2) is 58.5 Å². The molecule has 6 nitrogen and oxygen atoms in total. The van der Waals surface area contributed by atoms with Gasteiger partial charge in [0.05, 0.1) is 43.3 Å². The highest BCUT2D eigenvalue weighted by molar-refractivity contribution is 5.88. The maximum absolute atomic E-state index is 12.9. The van der Waals surface area contributed by atoms with Crippen molar-refractivity contribution in [1.29, 1.82) is 5.26 Å². The van der Waals surface area contributed by atoms with Crippen molar-refractivity contribution in [1.82, 2.24) is 9.80 Å². The zero-order valence-electron chi connectivity index (χ0n) is 18.7. The van der Waals surface area contributed by atoms with Crippen LogP contribution in [-0.2, 0) is 16.0 Å². The fraction of sp³-hybridized carbons (Fsp3) is 0.250. The number of amides is 2. The van der Waals surface area contributed by atoms with Gasteiger partial charge in [0, 0.05) is 12.5 Å². The third kappa shape index (κ3) is 3.95. The smallest absolute Gasteiger partial charge is 0.242 e. The average molecular weight is 452 g/mol. The number of aliphatic hydroxyl groups excluding tert-OH is 1. The van der Waals surface area contributed by atoms with Gasteiger partial charge in [0.2, 0.25) is 11.8 Å². The molecule has 5 rings (SSSR count). The monoisotopic (exact) mass is 451 g/mol. The fourth-order valence-corrected chi connectivity index (χ4v) is 5.21. The quantitative estimate of drug-likeness (QED) is 0.646. The van der Waals surface area contributed by atoms with Gasteiger partial charge in [-0.1, -0.05) is 66.7 Å². The normalized spacial score (nSPS) is 21.4. The van der Waals surface area contributed by atoms with Gasteiger partial charge >= 0.3 is 0 Å². The van der Waals surface area contributed by atoms with Crippen molar-refractivity contribution in [3.05, 3.63) is 95.6 Å². The number of aliphatic hydroxyl groups is 1. The summed E-state index contributed by atoms with van der Waals surface area (Å²) in [6.07, 6.45) is 0.272. The molecule has 0 bridgehead atoms. The maximum Gasteiger partial charge on any atom is 0.242 e. The van der Waals surface area contributed by atoms with E-state index in [1.807, 2.05) is 66.7 Å². The first-order chi connectivity index (χ1) is 16.6. The van der Waals surface area contributed by atoms with Crippen molar-refractivity contribution in [2.24, 2.45) is 0 Å². The summed E-state index contributed by atoms with van der Waals surface area (Å²) in [5, 5.41) is 19.0. The van der Waals surface area contributed by atoms with E-state index in [9.17, 15) is 14.7 Å². The molecule has 3 atom stereocenters. The summed E-state index contributed by atoms with van der Waals surface area (Å²) in [5.41, 5.74) is 4.64. The van der Waals surface area contributed by atoms with Gasteiger partial charge in [-0.25, -0.2) is 0 Å². The molecule has 6 heteroatoms. The second kappa shape index (κ2) is 9.12. The van der Waals surface area contributed by atoms with Crippen molar-refractivity contribution in [3.8, 4) is 17.2 Å². The van der Waals surface area contributed by atoms with E-state index in [0.29, 0.717) is 12.1 Å². The summed E-state index contributed by atoms with van der Waals surface area (Å²) < 4.78 is 0. The number of carbonyl (C=O) groups excluding carboxylic acids is 2. The molecule has 1 N–H and O–H groups in total. The molecule has 2 amide bonds. The summed E-state index contributed by atoms with van der Waals surface area (Å²) in [7, 11) is 0. The molecule has 2 aliphatic rings. The predicted molar refractivity (Wildman–Crippen MR) is 128 cm³/mol. The molecular weight excluding hydrogens is 426 g/mol. The SMILES string of the molecule is N#Cc1ccc(-c2ccc([C@H]3[C@H](CO)N4C(=O)CN(C(=O)Cc5ccccc5)C[C@@H]34)cc2)cc1. The maximum atomic E-state index is 12.9. The second-order valence-corrected chi connectivity index (χ2v) is 8.89. The van der Waals surface area contributed by atoms with Gasteiger partial charge in [0.15, 0.2) is 0 Å². The lowest BCUT2D eigenvalue weighted by molar-refractivity contribution is -0.166. The lowest BCUT2D eigenvalue weighted by Gasteiger charge is -2.58. The van der Waals surface area contributed by atoms with Crippen LogP contribution in [0.4, 0.5) is 0 Å². The minimum absolute atomic E-state index is 0.0312. The van der Waals surface area contributed by atoms with E-state index in [1.54, 1.807) is 21.9 Å². The Kier molecular flexibility index (Phi) is 5.87. The zero-order chi connectivity index (χ0) is 23.7. The minimum Gasteiger partial charge on any atom is -0.394 e. The lowest BCUT2D eigenvalue weighted by Crippen LogP contribution is -2.73. The summed E-state index contributed by atoms with van der Waals surface area (Å²) in [4.78, 5) is 29.2. The van der Waals surface area contributed by atoms with Gasteiger partial charge in [0.1, 0.15) is 0 Å². The topological polar surface area (TPSA) is 84.6 Å². The molecule has 0 saturated carbocycles. The van der Waals surface area contributed by atoms with Gasteiger partial charge in [-0.2, -0.15) is 5.26 Å². The molecule has 34 heavy (non-hydrogen) atoms. The first-order valence-electron chi connectivity index (χ1n) is 11.4. The van der Waals surface area contributed by atoms with Crippen LogP contribution in [0, 0.1) is 11.3 Å². The number of piperazine rings is 1. The first-order valence-corrected chi connectivity index (χ1v) is 11.4. The highest BCUT2D eigenvalue weighted by atomic mass is 16.3. The number of hydrogen-bond donors (Lipinski definition) is 1. The van der Waals surface area contributed by atoms with Crippen molar-refractivity contribution in [2.75, 3.05) is 19.7 Å². The Morgan fingerprint density at radius 3 is 2.24 bits per heavy atom. The number of rotatable bonds is 5. The molecule has 3 aromatic rings. The van der Waals surface area contributed by atoms with E-state index in [2.05, 4.69) is 6.07 Å². The highest BCUT2D eigenvalue weighted by Crippen LogP contribution is 2.43. The van der Waals surface area contributed by atoms with Crippen LogP contribution in [0.25, 0.3) is 11.1 Å². The van der Waals surface area contributed by atoms with Crippen LogP contribution in [0.2, 0.25) is 0 Å². The Balaban J connectivity index is 1.34. The minimum atomic E-state index is -0.273. The summed E-state index contributed by atoms with van der Waals surface area (Å²) in [5.74, 6) is -0.194. The van der Waals surface area contributed by atoms with Crippen molar-refractivity contribution < 1.29 is 14.7 Å². The van der Waals surface area contributed by atoms with E-state index < -0.39 is 0 Å². The van der Waals surface area contributed by atoms with Crippen LogP contribution < -0.4 is 0 Å². The summed E-state index contributed by atoms with van der Waals surface area (Å²) in [6, 6.07) is 26.8. The molecule has 0 unspecified atom stereocenters. The standard InChI is InChI=1S/C28H25N3O3/c29-15-20-6-8-21(9-7-20)22-10-12-23(13-11-22)28-24-16-30(17-27(34)31(24)25(28)18-32)26(33)14-19-4-2-1-3-5-19/h1-13,24-25,28,32H,14,16-18H2/t24-,25-,28+/m0/s1. The molecule has 2 aliphatic heterocycles. The predicted octanol–water partition coefficient (Wildman–Crippen LogP) is 2.97. The molecule has 2 heterocycles. The van der Waals surface area contributed by atoms with Crippen molar-refractivity contribution in [2.45, 2.75) is 24.4 Å². The van der Waals surface area contributed by atoms with Crippen LogP contribution in [0.3, 0.4) is 0 Å². The number of nitrogens with zero attached hydrogens (tertiary/aromatic N) is 3. The molecule has 2 saturated heterocycles. The van der Waals surface area contributed by atoms with Crippen LogP contribution in [0.15, 0.2) is 78.9 Å². The molecular formula is C28H25N3O3. The number of nitriles is 1. The number of benzene rings is 3. The van der Waals surface area contributed by atoms with Gasteiger partial charge in [0.25, 0.3) is 0 Å². The van der Waals surface area contributed by atoms with Crippen molar-refractivity contribution in [3.63, 3.8) is 0 Å². The molecule has 0 aliphatic carbocycles.